The fourth-order valence-electron chi connectivity index (χ4n) is 2.31. The van der Waals surface area contributed by atoms with E-state index in [1.54, 1.807) is 0 Å². The number of unbranched alkanes of at least 4 members (excludes halogenated alkanes) is 10. The molecule has 19 heavy (non-hydrogen) atoms. The van der Waals surface area contributed by atoms with Gasteiger partial charge in [0, 0.05) is 6.54 Å². The molecular formula is C16H36N3. The SMILES string of the molecule is [NH]CCCCCCCCNCCCCCCCCN. The van der Waals surface area contributed by atoms with Crippen LogP contribution >= 0.6 is 0 Å². The molecule has 0 rings (SSSR count). The van der Waals surface area contributed by atoms with Crippen LogP contribution in [0.4, 0.5) is 0 Å². The lowest BCUT2D eigenvalue weighted by Crippen LogP contribution is -2.16. The molecule has 4 N–H and O–H groups in total. The minimum Gasteiger partial charge on any atom is -0.330 e. The van der Waals surface area contributed by atoms with Gasteiger partial charge in [-0.2, -0.15) is 0 Å². The molecule has 0 aromatic rings. The molecule has 3 nitrogen and oxygen atoms in total. The summed E-state index contributed by atoms with van der Waals surface area (Å²) in [5, 5.41) is 3.54. The van der Waals surface area contributed by atoms with Crippen LogP contribution in [0.2, 0.25) is 0 Å². The second-order valence-corrected chi connectivity index (χ2v) is 5.53. The molecule has 0 atom stereocenters. The largest absolute Gasteiger partial charge is 0.330 e. The second kappa shape index (κ2) is 17.9. The van der Waals surface area contributed by atoms with Gasteiger partial charge in [0.05, 0.1) is 0 Å². The zero-order valence-corrected chi connectivity index (χ0v) is 12.9. The highest BCUT2D eigenvalue weighted by molar-refractivity contribution is 4.52. The van der Waals surface area contributed by atoms with E-state index in [0.717, 1.165) is 13.0 Å². The number of hydrogen-bond donors (Lipinski definition) is 2. The Labute approximate surface area is 120 Å². The highest BCUT2D eigenvalue weighted by atomic mass is 14.8. The van der Waals surface area contributed by atoms with Crippen LogP contribution in [-0.2, 0) is 0 Å². The first kappa shape index (κ1) is 18.9. The molecule has 0 aliphatic heterocycles. The summed E-state index contributed by atoms with van der Waals surface area (Å²) in [5.74, 6) is 0. The summed E-state index contributed by atoms with van der Waals surface area (Å²) < 4.78 is 0. The number of nitrogens with one attached hydrogen (secondary N) is 2. The van der Waals surface area contributed by atoms with E-state index in [-0.39, 0.29) is 0 Å². The molecule has 1 radical (unpaired) electrons. The number of nitrogens with two attached hydrogens (primary N) is 1. The molecule has 115 valence electrons. The molecule has 0 aliphatic carbocycles. The third-order valence-electron chi connectivity index (χ3n) is 3.59. The van der Waals surface area contributed by atoms with E-state index in [0.29, 0.717) is 6.54 Å². The summed E-state index contributed by atoms with van der Waals surface area (Å²) in [5.41, 5.74) is 12.5. The standard InChI is InChI=1S/C16H36N3/c17-13-9-5-1-3-7-11-15-19-16-12-8-4-2-6-10-14-18/h17,19H,1-16,18H2. The number of rotatable bonds is 16. The van der Waals surface area contributed by atoms with Crippen molar-refractivity contribution in [1.29, 1.82) is 0 Å². The van der Waals surface area contributed by atoms with Crippen molar-refractivity contribution in [1.82, 2.24) is 11.1 Å². The smallest absolute Gasteiger partial charge is 0.00997 e. The van der Waals surface area contributed by atoms with E-state index in [2.05, 4.69) is 5.32 Å². The molecule has 0 spiro atoms. The lowest BCUT2D eigenvalue weighted by molar-refractivity contribution is 0.540. The third-order valence-corrected chi connectivity index (χ3v) is 3.59. The van der Waals surface area contributed by atoms with Gasteiger partial charge in [-0.25, -0.2) is 0 Å². The maximum absolute atomic E-state index is 7.06. The molecule has 0 heterocycles. The Balaban J connectivity index is 2.88. The van der Waals surface area contributed by atoms with Gasteiger partial charge in [-0.1, -0.05) is 51.4 Å². The van der Waals surface area contributed by atoms with Crippen LogP contribution in [0.25, 0.3) is 0 Å². The van der Waals surface area contributed by atoms with E-state index in [4.69, 9.17) is 11.5 Å². The van der Waals surface area contributed by atoms with Crippen molar-refractivity contribution in [2.24, 2.45) is 5.73 Å². The molecule has 0 aromatic carbocycles. The molecule has 0 fully saturated rings. The molecule has 0 aliphatic rings. The van der Waals surface area contributed by atoms with Crippen molar-refractivity contribution >= 4 is 0 Å². The molecule has 0 unspecified atom stereocenters. The van der Waals surface area contributed by atoms with Crippen molar-refractivity contribution in [3.8, 4) is 0 Å². The zero-order chi connectivity index (χ0) is 14.0. The van der Waals surface area contributed by atoms with Gasteiger partial charge in [0.15, 0.2) is 0 Å². The first-order chi connectivity index (χ1) is 9.41. The van der Waals surface area contributed by atoms with Crippen molar-refractivity contribution in [2.75, 3.05) is 26.2 Å². The van der Waals surface area contributed by atoms with Gasteiger partial charge >= 0.3 is 0 Å². The van der Waals surface area contributed by atoms with Gasteiger partial charge in [0.2, 0.25) is 0 Å². The maximum Gasteiger partial charge on any atom is 0.00997 e. The predicted octanol–water partition coefficient (Wildman–Crippen LogP) is 3.50. The van der Waals surface area contributed by atoms with Crippen LogP contribution in [0, 0.1) is 0 Å². The van der Waals surface area contributed by atoms with Crippen LogP contribution in [-0.4, -0.2) is 26.2 Å². The highest BCUT2D eigenvalue weighted by Crippen LogP contribution is 2.05. The summed E-state index contributed by atoms with van der Waals surface area (Å²) in [6, 6.07) is 0. The van der Waals surface area contributed by atoms with Crippen LogP contribution in [0.3, 0.4) is 0 Å². The minimum absolute atomic E-state index is 0.605. The van der Waals surface area contributed by atoms with Crippen LogP contribution < -0.4 is 16.8 Å². The summed E-state index contributed by atoms with van der Waals surface area (Å²) in [6.45, 7) is 3.83. The molecule has 3 heteroatoms. The Morgan fingerprint density at radius 2 is 1.00 bits per heavy atom. The summed E-state index contributed by atoms with van der Waals surface area (Å²) in [6.07, 6.45) is 15.6. The van der Waals surface area contributed by atoms with Crippen molar-refractivity contribution in [3.63, 3.8) is 0 Å². The van der Waals surface area contributed by atoms with E-state index in [1.807, 2.05) is 0 Å². The first-order valence-corrected chi connectivity index (χ1v) is 8.47. The number of hydrogen-bond acceptors (Lipinski definition) is 2. The molecule has 0 amide bonds. The molecular weight excluding hydrogens is 234 g/mol. The summed E-state index contributed by atoms with van der Waals surface area (Å²) in [7, 11) is 0. The average Bonchev–Trinajstić information content (AvgIpc) is 2.43. The van der Waals surface area contributed by atoms with Crippen LogP contribution in [0.1, 0.15) is 77.0 Å². The van der Waals surface area contributed by atoms with E-state index in [9.17, 15) is 0 Å². The Morgan fingerprint density at radius 1 is 0.579 bits per heavy atom. The molecule has 0 saturated carbocycles. The van der Waals surface area contributed by atoms with Gasteiger partial charge < -0.3 is 11.1 Å². The average molecular weight is 270 g/mol. The van der Waals surface area contributed by atoms with Crippen molar-refractivity contribution < 1.29 is 0 Å². The van der Waals surface area contributed by atoms with Gasteiger partial charge in [-0.15, -0.1) is 0 Å². The summed E-state index contributed by atoms with van der Waals surface area (Å²) in [4.78, 5) is 0. The fraction of sp³-hybridized carbons (Fsp3) is 1.00. The first-order valence-electron chi connectivity index (χ1n) is 8.47. The van der Waals surface area contributed by atoms with Gasteiger partial charge in [-0.05, 0) is 45.3 Å². The van der Waals surface area contributed by atoms with Gasteiger partial charge in [0.1, 0.15) is 0 Å². The zero-order valence-electron chi connectivity index (χ0n) is 12.9. The Kier molecular flexibility index (Phi) is 17.8. The maximum atomic E-state index is 7.06. The fourth-order valence-corrected chi connectivity index (χ4v) is 2.31. The van der Waals surface area contributed by atoms with Gasteiger partial charge in [0.25, 0.3) is 0 Å². The van der Waals surface area contributed by atoms with E-state index < -0.39 is 0 Å². The second-order valence-electron chi connectivity index (χ2n) is 5.53. The Morgan fingerprint density at radius 3 is 1.47 bits per heavy atom. The quantitative estimate of drug-likeness (QED) is 0.422. The topological polar surface area (TPSA) is 61.8 Å². The van der Waals surface area contributed by atoms with Crippen LogP contribution in [0.5, 0.6) is 0 Å². The van der Waals surface area contributed by atoms with Crippen molar-refractivity contribution in [2.45, 2.75) is 77.0 Å². The molecule has 0 saturated heterocycles. The Hall–Kier alpha value is -0.120. The van der Waals surface area contributed by atoms with Crippen LogP contribution in [0.15, 0.2) is 0 Å². The normalized spacial score (nSPS) is 11.1. The lowest BCUT2D eigenvalue weighted by atomic mass is 10.1. The minimum atomic E-state index is 0.605. The van der Waals surface area contributed by atoms with E-state index >= 15 is 0 Å². The lowest BCUT2D eigenvalue weighted by Gasteiger charge is -2.05. The highest BCUT2D eigenvalue weighted by Gasteiger charge is 1.93. The Bertz CT molecular complexity index is 135. The monoisotopic (exact) mass is 270 g/mol. The summed E-state index contributed by atoms with van der Waals surface area (Å²) >= 11 is 0. The third kappa shape index (κ3) is 17.9. The van der Waals surface area contributed by atoms with Gasteiger partial charge in [-0.3, -0.25) is 5.73 Å². The molecule has 0 aromatic heterocycles. The molecule has 0 bridgehead atoms. The van der Waals surface area contributed by atoms with Crippen molar-refractivity contribution in [3.05, 3.63) is 0 Å². The van der Waals surface area contributed by atoms with E-state index in [1.165, 1.54) is 83.7 Å². The predicted molar refractivity (Wildman–Crippen MR) is 85.3 cm³/mol.